The molecule has 0 bridgehead atoms. The molecule has 0 spiro atoms. The summed E-state index contributed by atoms with van der Waals surface area (Å²) in [7, 11) is 0. The quantitative estimate of drug-likeness (QED) is 0.149. The van der Waals surface area contributed by atoms with Crippen molar-refractivity contribution in [2.75, 3.05) is 0 Å². The van der Waals surface area contributed by atoms with Gasteiger partial charge in [0.15, 0.2) is 0 Å². The highest BCUT2D eigenvalue weighted by molar-refractivity contribution is 6.27. The molecule has 2 heteroatoms. The van der Waals surface area contributed by atoms with Crippen molar-refractivity contribution in [3.63, 3.8) is 0 Å². The first kappa shape index (κ1) is 63.1. The fraction of sp³-hybridized carbons (Fsp3) is 0.0545. The van der Waals surface area contributed by atoms with Gasteiger partial charge in [-0.15, -0.1) is 0 Å². The maximum Gasteiger partial charge on any atom is 0.143 e. The number of furan rings is 2. The lowest BCUT2D eigenvalue weighted by molar-refractivity contribution is 0.649. The van der Waals surface area contributed by atoms with Crippen LogP contribution in [0.5, 0.6) is 0 Å². The van der Waals surface area contributed by atoms with Gasteiger partial charge in [-0.1, -0.05) is 313 Å². The minimum atomic E-state index is -0.346. The fourth-order valence-corrected chi connectivity index (χ4v) is 20.5. The lowest BCUT2D eigenvalue weighted by atomic mass is 9.79. The second-order valence-electron chi connectivity index (χ2n) is 32.4. The molecule has 2 nitrogen and oxygen atoms in total. The van der Waals surface area contributed by atoms with Gasteiger partial charge in [-0.25, -0.2) is 0 Å². The van der Waals surface area contributed by atoms with E-state index < -0.39 is 0 Å². The Morgan fingerprint density at radius 2 is 0.562 bits per heavy atom. The maximum atomic E-state index is 7.26. The third kappa shape index (κ3) is 8.98. The number of fused-ring (bicyclic) bond motifs is 23. The Hall–Kier alpha value is -13.9. The third-order valence-corrected chi connectivity index (χ3v) is 25.8. The lowest BCUT2D eigenvalue weighted by Crippen LogP contribution is -2.15. The molecule has 24 rings (SSSR count). The summed E-state index contributed by atoms with van der Waals surface area (Å²) in [6.07, 6.45) is 0. The highest BCUT2D eigenvalue weighted by Crippen LogP contribution is 2.57. The van der Waals surface area contributed by atoms with Crippen LogP contribution in [-0.4, -0.2) is 0 Å². The zero-order chi connectivity index (χ0) is 74.0. The number of hydrogen-bond donors (Lipinski definition) is 0. The summed E-state index contributed by atoms with van der Waals surface area (Å²) in [6, 6.07) is 132. The molecule has 112 heavy (non-hydrogen) atoms. The van der Waals surface area contributed by atoms with Crippen LogP contribution in [0.25, 0.3) is 230 Å². The van der Waals surface area contributed by atoms with Crippen molar-refractivity contribution in [1.82, 2.24) is 0 Å². The molecule has 2 aliphatic carbocycles. The molecule has 0 saturated carbocycles. The summed E-state index contributed by atoms with van der Waals surface area (Å²) in [5, 5.41) is 24.0. The number of hydrogen-bond acceptors (Lipinski definition) is 2. The monoisotopic (exact) mass is 1420 g/mol. The van der Waals surface area contributed by atoms with Gasteiger partial charge >= 0.3 is 0 Å². The Morgan fingerprint density at radius 1 is 0.188 bits per heavy atom. The van der Waals surface area contributed by atoms with Crippen molar-refractivity contribution in [3.8, 4) is 100 Å². The first-order chi connectivity index (χ1) is 55.0. The zero-order valence-electron chi connectivity index (χ0n) is 62.3. The Kier molecular flexibility index (Phi) is 13.1. The average molecular weight is 1420 g/mol. The topological polar surface area (TPSA) is 26.3 Å². The normalized spacial score (nSPS) is 13.5. The molecule has 2 aliphatic rings. The van der Waals surface area contributed by atoms with Crippen molar-refractivity contribution in [1.29, 1.82) is 0 Å². The molecule has 0 aliphatic heterocycles. The van der Waals surface area contributed by atoms with E-state index in [0.717, 1.165) is 65.8 Å². The molecule has 0 unspecified atom stereocenters. The van der Waals surface area contributed by atoms with Crippen LogP contribution in [0.3, 0.4) is 0 Å². The van der Waals surface area contributed by atoms with Crippen molar-refractivity contribution < 1.29 is 8.83 Å². The minimum absolute atomic E-state index is 0.254. The van der Waals surface area contributed by atoms with Gasteiger partial charge in [0, 0.05) is 43.1 Å². The zero-order valence-corrected chi connectivity index (χ0v) is 62.3. The van der Waals surface area contributed by atoms with E-state index in [2.05, 4.69) is 380 Å². The van der Waals surface area contributed by atoms with Gasteiger partial charge in [0.1, 0.15) is 22.3 Å². The van der Waals surface area contributed by atoms with E-state index in [0.29, 0.717) is 0 Å². The van der Waals surface area contributed by atoms with E-state index in [1.54, 1.807) is 0 Å². The Morgan fingerprint density at radius 3 is 1.16 bits per heavy atom. The molecular weight excluding hydrogens is 1350 g/mol. The van der Waals surface area contributed by atoms with Crippen LogP contribution in [0.2, 0.25) is 0 Å². The van der Waals surface area contributed by atoms with E-state index in [-0.39, 0.29) is 10.8 Å². The summed E-state index contributed by atoms with van der Waals surface area (Å²) >= 11 is 0. The molecule has 522 valence electrons. The predicted molar refractivity (Wildman–Crippen MR) is 474 cm³/mol. The minimum Gasteiger partial charge on any atom is -0.455 e. The van der Waals surface area contributed by atoms with Gasteiger partial charge < -0.3 is 8.83 Å². The molecule has 0 radical (unpaired) electrons. The van der Waals surface area contributed by atoms with E-state index in [1.807, 2.05) is 0 Å². The number of benzene rings is 20. The third-order valence-electron chi connectivity index (χ3n) is 25.8. The van der Waals surface area contributed by atoms with E-state index >= 15 is 0 Å². The second-order valence-corrected chi connectivity index (χ2v) is 32.4. The highest BCUT2D eigenvalue weighted by Gasteiger charge is 2.40. The summed E-state index contributed by atoms with van der Waals surface area (Å²) < 4.78 is 14.0. The molecule has 20 aromatic carbocycles. The maximum absolute atomic E-state index is 7.26. The van der Waals surface area contributed by atoms with Crippen molar-refractivity contribution in [2.24, 2.45) is 0 Å². The molecule has 2 aromatic heterocycles. The summed E-state index contributed by atoms with van der Waals surface area (Å²) in [4.78, 5) is 0. The SMILES string of the molecule is CC1(C)c2cc(-c3cccc(-c4c5ccccc5c(-c5cccc6ccccc56)c5cc(-c6ccc7ccc8c(oc9ccc%10c(c98)C(C)(C)c8cc(-c9cccc(-c%11c%12ccccc%12c(-c%12cccc%13ccccc%12%13)c%12ccccc%11%12)c9)ccc8-%10)c7c6)ccc45)c3)ccc2-c2cc3c(cc21)oc1c2ccccc2ccc31. The Bertz CT molecular complexity index is 7880. The summed E-state index contributed by atoms with van der Waals surface area (Å²) in [6.45, 7) is 9.58. The molecule has 0 saturated heterocycles. The van der Waals surface area contributed by atoms with Crippen LogP contribution in [0, 0.1) is 0 Å². The van der Waals surface area contributed by atoms with E-state index in [9.17, 15) is 0 Å². The number of rotatable bonds is 7. The average Bonchev–Trinajstić information content (AvgIpc) is 1.52. The fourth-order valence-electron chi connectivity index (χ4n) is 20.5. The molecule has 0 fully saturated rings. The van der Waals surface area contributed by atoms with Crippen LogP contribution >= 0.6 is 0 Å². The highest BCUT2D eigenvalue weighted by atomic mass is 16.3. The predicted octanol–water partition coefficient (Wildman–Crippen LogP) is 31.0. The van der Waals surface area contributed by atoms with Gasteiger partial charge in [0.05, 0.1) is 0 Å². The van der Waals surface area contributed by atoms with Crippen LogP contribution in [0.15, 0.2) is 361 Å². The van der Waals surface area contributed by atoms with Crippen molar-refractivity contribution >= 4 is 130 Å². The Balaban J connectivity index is 0.610. The molecule has 0 atom stereocenters. The van der Waals surface area contributed by atoms with E-state index in [1.165, 1.54) is 187 Å². The van der Waals surface area contributed by atoms with Crippen molar-refractivity contribution in [3.05, 3.63) is 374 Å². The molecular formula is C110H70O2. The van der Waals surface area contributed by atoms with Gasteiger partial charge in [-0.05, 0) is 265 Å². The summed E-state index contributed by atoms with van der Waals surface area (Å²) in [5.41, 5.74) is 30.4. The van der Waals surface area contributed by atoms with Gasteiger partial charge in [0.2, 0.25) is 0 Å². The standard InChI is InChI=1S/C110H70O2/c1-109(2)96-59-71(46-49-79(96)93-61-94-90-51-43-65-23-7-10-32-77(65)107(90)112-100(94)62-98(93)109)67-26-18-29-74(56-67)102-84-35-13-16-38-87(84)104(81-40-20-25-64-22-6-9-31-76(64)81)95-58-70(47-50-88(95)102)69-42-41-66-44-52-91-105-99(111-108(91)92(66)57-69)54-53-89-78-48-45-72(60-97(78)110(3,4)106(89)105)68-27-17-28-73(55-68)101-82-33-11-14-36-85(82)103(86-37-15-12-34-83(86)101)80-39-19-24-63-21-5-8-30-75(63)80/h5-62H,1-4H3. The van der Waals surface area contributed by atoms with Crippen molar-refractivity contribution in [2.45, 2.75) is 38.5 Å². The first-order valence-corrected chi connectivity index (χ1v) is 39.3. The van der Waals surface area contributed by atoms with Gasteiger partial charge in [-0.3, -0.25) is 0 Å². The smallest absolute Gasteiger partial charge is 0.143 e. The van der Waals surface area contributed by atoms with Gasteiger partial charge in [0.25, 0.3) is 0 Å². The van der Waals surface area contributed by atoms with Crippen LogP contribution in [0.1, 0.15) is 49.9 Å². The first-order valence-electron chi connectivity index (χ1n) is 39.3. The van der Waals surface area contributed by atoms with Crippen LogP contribution in [0.4, 0.5) is 0 Å². The Labute approximate surface area is 647 Å². The van der Waals surface area contributed by atoms with Gasteiger partial charge in [-0.2, -0.15) is 0 Å². The second kappa shape index (κ2) is 23.3. The molecule has 0 amide bonds. The molecule has 2 heterocycles. The largest absolute Gasteiger partial charge is 0.455 e. The molecule has 0 N–H and O–H groups in total. The lowest BCUT2D eigenvalue weighted by Gasteiger charge is -2.23. The summed E-state index contributed by atoms with van der Waals surface area (Å²) in [5.74, 6) is 0. The molecule has 22 aromatic rings. The van der Waals surface area contributed by atoms with Crippen LogP contribution < -0.4 is 0 Å². The van der Waals surface area contributed by atoms with Crippen LogP contribution in [-0.2, 0) is 10.8 Å². The van der Waals surface area contributed by atoms with E-state index in [4.69, 9.17) is 8.83 Å².